The van der Waals surface area contributed by atoms with E-state index in [4.69, 9.17) is 14.2 Å². The summed E-state index contributed by atoms with van der Waals surface area (Å²) in [5, 5.41) is 0. The number of unbranched alkanes of at least 4 members (excludes halogenated alkanes) is 35. The quantitative estimate of drug-likeness (QED) is 0.0261. The van der Waals surface area contributed by atoms with Gasteiger partial charge in [0.15, 0.2) is 6.10 Å². The van der Waals surface area contributed by atoms with Crippen LogP contribution in [0.1, 0.15) is 342 Å². The van der Waals surface area contributed by atoms with Gasteiger partial charge in [0.05, 0.1) is 0 Å². The van der Waals surface area contributed by atoms with Crippen molar-refractivity contribution in [2.24, 2.45) is 0 Å². The van der Waals surface area contributed by atoms with Gasteiger partial charge in [-0.05, 0) is 103 Å². The molecule has 0 spiro atoms. The summed E-state index contributed by atoms with van der Waals surface area (Å²) in [6.45, 7) is 6.51. The molecule has 6 heteroatoms. The van der Waals surface area contributed by atoms with Crippen LogP contribution >= 0.6 is 0 Å². The van der Waals surface area contributed by atoms with Gasteiger partial charge in [-0.25, -0.2) is 0 Å². The number of allylic oxidation sites excluding steroid dienone is 18. The molecular formula is C77H132O6. The van der Waals surface area contributed by atoms with E-state index in [0.717, 1.165) is 122 Å². The van der Waals surface area contributed by atoms with Gasteiger partial charge in [-0.3, -0.25) is 14.4 Å². The molecular weight excluding hydrogens is 1020 g/mol. The van der Waals surface area contributed by atoms with Gasteiger partial charge in [0.1, 0.15) is 13.2 Å². The van der Waals surface area contributed by atoms with Crippen LogP contribution in [0.3, 0.4) is 0 Å². The summed E-state index contributed by atoms with van der Waals surface area (Å²) in [5.74, 6) is -0.885. The maximum Gasteiger partial charge on any atom is 0.306 e. The van der Waals surface area contributed by atoms with E-state index in [-0.39, 0.29) is 31.1 Å². The van der Waals surface area contributed by atoms with Crippen molar-refractivity contribution >= 4 is 17.9 Å². The van der Waals surface area contributed by atoms with Crippen molar-refractivity contribution in [2.75, 3.05) is 13.2 Å². The predicted molar refractivity (Wildman–Crippen MR) is 362 cm³/mol. The van der Waals surface area contributed by atoms with Crippen molar-refractivity contribution in [1.82, 2.24) is 0 Å². The van der Waals surface area contributed by atoms with Crippen molar-refractivity contribution in [2.45, 2.75) is 348 Å². The number of hydrogen-bond acceptors (Lipinski definition) is 6. The Morgan fingerprint density at radius 1 is 0.253 bits per heavy atom. The van der Waals surface area contributed by atoms with Gasteiger partial charge in [0.25, 0.3) is 0 Å². The van der Waals surface area contributed by atoms with E-state index in [1.165, 1.54) is 180 Å². The van der Waals surface area contributed by atoms with E-state index in [2.05, 4.69) is 130 Å². The minimum atomic E-state index is -0.785. The third kappa shape index (κ3) is 68.7. The van der Waals surface area contributed by atoms with Crippen LogP contribution in [0.4, 0.5) is 0 Å². The Hall–Kier alpha value is -3.93. The van der Waals surface area contributed by atoms with E-state index in [1.54, 1.807) is 0 Å². The first-order chi connectivity index (χ1) is 41.0. The molecule has 0 aromatic heterocycles. The summed E-state index contributed by atoms with van der Waals surface area (Å²) in [6.07, 6.45) is 96.9. The van der Waals surface area contributed by atoms with Crippen LogP contribution in [-0.2, 0) is 28.6 Å². The molecule has 0 aliphatic rings. The lowest BCUT2D eigenvalue weighted by Crippen LogP contribution is -2.30. The van der Waals surface area contributed by atoms with Gasteiger partial charge in [-0.1, -0.05) is 329 Å². The van der Waals surface area contributed by atoms with Crippen molar-refractivity contribution in [3.05, 3.63) is 109 Å². The standard InChI is InChI=1S/C77H132O6/c1-4-7-10-13-16-19-22-24-26-28-30-32-33-34-35-36-37-38-39-40-41-42-43-45-46-48-50-52-55-58-61-64-67-70-76(79)82-73-74(72-81-75(78)69-66-63-60-57-54-21-18-15-12-9-6-3)83-77(80)71-68-65-62-59-56-53-51-49-47-44-31-29-27-25-23-20-17-14-11-8-5-2/h7,10,15-16,18-19,24,26,30,32,34-35,37-38,40-41,43,45,74H,4-6,8-9,11-14,17,20-23,25,27-29,31,33,36,39,42,44,46-73H2,1-3H3/b10-7-,18-15-,19-16-,26-24-,32-30-,35-34-,38-37-,41-40-,45-43-. The minimum Gasteiger partial charge on any atom is -0.462 e. The lowest BCUT2D eigenvalue weighted by molar-refractivity contribution is -0.167. The normalized spacial score (nSPS) is 12.8. The molecule has 0 aliphatic heterocycles. The first kappa shape index (κ1) is 79.1. The molecule has 0 bridgehead atoms. The molecule has 1 atom stereocenters. The van der Waals surface area contributed by atoms with Crippen LogP contribution in [0.2, 0.25) is 0 Å². The minimum absolute atomic E-state index is 0.0819. The van der Waals surface area contributed by atoms with Gasteiger partial charge >= 0.3 is 17.9 Å². The van der Waals surface area contributed by atoms with Gasteiger partial charge in [0, 0.05) is 19.3 Å². The second-order valence-electron chi connectivity index (χ2n) is 23.4. The second-order valence-corrected chi connectivity index (χ2v) is 23.4. The van der Waals surface area contributed by atoms with Crippen molar-refractivity contribution < 1.29 is 28.6 Å². The van der Waals surface area contributed by atoms with Crippen molar-refractivity contribution in [3.8, 4) is 0 Å². The van der Waals surface area contributed by atoms with Crippen LogP contribution in [0.25, 0.3) is 0 Å². The number of esters is 3. The van der Waals surface area contributed by atoms with E-state index in [1.807, 2.05) is 0 Å². The van der Waals surface area contributed by atoms with Gasteiger partial charge in [-0.2, -0.15) is 0 Å². The van der Waals surface area contributed by atoms with Crippen LogP contribution < -0.4 is 0 Å². The third-order valence-electron chi connectivity index (χ3n) is 15.3. The average Bonchev–Trinajstić information content (AvgIpc) is 3.48. The monoisotopic (exact) mass is 1150 g/mol. The zero-order valence-corrected chi connectivity index (χ0v) is 54.7. The van der Waals surface area contributed by atoms with Crippen LogP contribution in [0.5, 0.6) is 0 Å². The molecule has 0 heterocycles. The van der Waals surface area contributed by atoms with Crippen molar-refractivity contribution in [1.29, 1.82) is 0 Å². The molecule has 0 saturated carbocycles. The predicted octanol–water partition coefficient (Wildman–Crippen LogP) is 24.6. The lowest BCUT2D eigenvalue weighted by atomic mass is 10.0. The van der Waals surface area contributed by atoms with Crippen molar-refractivity contribution in [3.63, 3.8) is 0 Å². The second kappa shape index (κ2) is 70.6. The maximum absolute atomic E-state index is 12.9. The number of ether oxygens (including phenoxy) is 3. The first-order valence-corrected chi connectivity index (χ1v) is 35.4. The highest BCUT2D eigenvalue weighted by molar-refractivity contribution is 5.71. The summed E-state index contributed by atoms with van der Waals surface area (Å²) in [7, 11) is 0. The molecule has 0 saturated heterocycles. The molecule has 0 aromatic rings. The Labute approximate surface area is 514 Å². The smallest absolute Gasteiger partial charge is 0.306 e. The SMILES string of the molecule is CC/C=C\C/C=C\C/C=C\C/C=C\C/C=C\C/C=C\C/C=C\C/C=C\CCCCCCCCCCC(=O)OCC(COC(=O)CCCCCCC/C=C\CCCC)OC(=O)CCCCCCCCCCCCCCCCCCCCCCC. The van der Waals surface area contributed by atoms with Crippen LogP contribution in [-0.4, -0.2) is 37.2 Å². The molecule has 83 heavy (non-hydrogen) atoms. The largest absolute Gasteiger partial charge is 0.462 e. The zero-order valence-electron chi connectivity index (χ0n) is 54.7. The fourth-order valence-electron chi connectivity index (χ4n) is 9.97. The first-order valence-electron chi connectivity index (χ1n) is 35.4. The maximum atomic E-state index is 12.9. The fourth-order valence-corrected chi connectivity index (χ4v) is 9.97. The topological polar surface area (TPSA) is 78.9 Å². The molecule has 0 radical (unpaired) electrons. The molecule has 0 rings (SSSR count). The van der Waals surface area contributed by atoms with E-state index in [0.29, 0.717) is 19.3 Å². The van der Waals surface area contributed by atoms with Gasteiger partial charge < -0.3 is 14.2 Å². The van der Waals surface area contributed by atoms with Crippen LogP contribution in [0.15, 0.2) is 109 Å². The average molecular weight is 1150 g/mol. The number of carbonyl (C=O) groups excluding carboxylic acids is 3. The summed E-state index contributed by atoms with van der Waals surface area (Å²) in [4.78, 5) is 38.4. The highest BCUT2D eigenvalue weighted by atomic mass is 16.6. The van der Waals surface area contributed by atoms with E-state index < -0.39 is 6.10 Å². The molecule has 0 fully saturated rings. The summed E-state index contributed by atoms with van der Waals surface area (Å²) in [5.41, 5.74) is 0. The van der Waals surface area contributed by atoms with Crippen LogP contribution in [0, 0.1) is 0 Å². The number of carbonyl (C=O) groups is 3. The third-order valence-corrected chi connectivity index (χ3v) is 15.3. The number of rotatable bonds is 64. The van der Waals surface area contributed by atoms with Gasteiger partial charge in [0.2, 0.25) is 0 Å². The highest BCUT2D eigenvalue weighted by Gasteiger charge is 2.19. The molecule has 476 valence electrons. The molecule has 0 N–H and O–H groups in total. The fraction of sp³-hybridized carbons (Fsp3) is 0.727. The Kier molecular flexibility index (Phi) is 67.2. The molecule has 0 aliphatic carbocycles. The van der Waals surface area contributed by atoms with E-state index in [9.17, 15) is 14.4 Å². The molecule has 0 amide bonds. The van der Waals surface area contributed by atoms with Gasteiger partial charge in [-0.15, -0.1) is 0 Å². The zero-order chi connectivity index (χ0) is 59.9. The summed E-state index contributed by atoms with van der Waals surface area (Å²) >= 11 is 0. The highest BCUT2D eigenvalue weighted by Crippen LogP contribution is 2.17. The molecule has 6 nitrogen and oxygen atoms in total. The Bertz CT molecular complexity index is 1660. The number of hydrogen-bond donors (Lipinski definition) is 0. The molecule has 0 aromatic carbocycles. The Morgan fingerprint density at radius 2 is 0.482 bits per heavy atom. The Morgan fingerprint density at radius 3 is 0.783 bits per heavy atom. The lowest BCUT2D eigenvalue weighted by Gasteiger charge is -2.18. The Balaban J connectivity index is 4.23. The van der Waals surface area contributed by atoms with E-state index >= 15 is 0 Å². The summed E-state index contributed by atoms with van der Waals surface area (Å²) in [6, 6.07) is 0. The molecule has 1 unspecified atom stereocenters. The summed E-state index contributed by atoms with van der Waals surface area (Å²) < 4.78 is 16.9.